The van der Waals surface area contributed by atoms with Crippen molar-refractivity contribution in [2.75, 3.05) is 38.8 Å². The third-order valence-electron chi connectivity index (χ3n) is 11.4. The van der Waals surface area contributed by atoms with Gasteiger partial charge in [0.2, 0.25) is 23.6 Å². The van der Waals surface area contributed by atoms with Gasteiger partial charge in [0.15, 0.2) is 5.69 Å². The highest BCUT2D eigenvalue weighted by atomic mass is 35.5. The first-order valence-corrected chi connectivity index (χ1v) is 20.4. The predicted octanol–water partition coefficient (Wildman–Crippen LogP) is 2.34. The van der Waals surface area contributed by atoms with Gasteiger partial charge in [-0.1, -0.05) is 29.5 Å². The molecular formula is C42H43ClN10O9. The van der Waals surface area contributed by atoms with Gasteiger partial charge in [0.1, 0.15) is 24.2 Å². The number of ether oxygens (including phenoxy) is 3. The summed E-state index contributed by atoms with van der Waals surface area (Å²) in [4.78, 5) is 94.3. The molecule has 0 radical (unpaired) electrons. The number of carbonyl (C=O) groups excluding carboxylic acids is 4. The number of amides is 4. The predicted molar refractivity (Wildman–Crippen MR) is 224 cm³/mol. The van der Waals surface area contributed by atoms with Crippen LogP contribution in [-0.2, 0) is 46.3 Å². The molecule has 20 heteroatoms. The van der Waals surface area contributed by atoms with E-state index in [1.165, 1.54) is 51.3 Å². The van der Waals surface area contributed by atoms with Gasteiger partial charge in [0, 0.05) is 59.0 Å². The number of pyridine rings is 1. The Morgan fingerprint density at radius 2 is 1.82 bits per heavy atom. The molecule has 1 aromatic carbocycles. The van der Waals surface area contributed by atoms with Crippen LogP contribution < -0.4 is 30.9 Å². The van der Waals surface area contributed by atoms with Gasteiger partial charge in [-0.3, -0.25) is 43.3 Å². The van der Waals surface area contributed by atoms with Crippen LogP contribution >= 0.6 is 11.6 Å². The maximum atomic E-state index is 13.8. The van der Waals surface area contributed by atoms with E-state index in [1.807, 2.05) is 9.47 Å². The molecule has 0 spiro atoms. The third-order valence-corrected chi connectivity index (χ3v) is 11.6. The summed E-state index contributed by atoms with van der Waals surface area (Å²) in [6, 6.07) is 6.10. The molecule has 4 amide bonds. The van der Waals surface area contributed by atoms with Crippen molar-refractivity contribution in [2.24, 2.45) is 14.1 Å². The van der Waals surface area contributed by atoms with Gasteiger partial charge in [0.25, 0.3) is 11.5 Å². The highest BCUT2D eigenvalue weighted by Crippen LogP contribution is 2.35. The SMILES string of the molecule is COc1ncc(-c2nc3c(n2CCCC(=O)N2CCC(OCC#Cc4cccc5c4n(C)c(=O)n5C4CCC(=O)NC4=O)CC2)CN(c2cc(Cl)cn(C)c2=O)C3=O)c(OC)n1. The van der Waals surface area contributed by atoms with E-state index in [-0.39, 0.29) is 84.9 Å². The Morgan fingerprint density at radius 1 is 1.03 bits per heavy atom. The lowest BCUT2D eigenvalue weighted by Gasteiger charge is -2.31. The molecule has 62 heavy (non-hydrogen) atoms. The lowest BCUT2D eigenvalue weighted by atomic mass is 10.1. The molecule has 1 N–H and O–H groups in total. The number of piperidine rings is 2. The highest BCUT2D eigenvalue weighted by Gasteiger charge is 2.38. The molecule has 7 heterocycles. The van der Waals surface area contributed by atoms with E-state index in [4.69, 9.17) is 30.8 Å². The number of para-hydroxylation sites is 1. The van der Waals surface area contributed by atoms with Gasteiger partial charge >= 0.3 is 11.7 Å². The molecule has 3 aliphatic heterocycles. The molecule has 3 aliphatic rings. The molecule has 2 saturated heterocycles. The lowest BCUT2D eigenvalue weighted by molar-refractivity contribution is -0.136. The fraction of sp³-hybridized carbons (Fsp3) is 0.405. The minimum Gasteiger partial charge on any atom is -0.480 e. The number of benzene rings is 1. The molecule has 4 aromatic heterocycles. The molecule has 1 atom stereocenters. The van der Waals surface area contributed by atoms with Crippen LogP contribution in [-0.4, -0.2) is 102 Å². The van der Waals surface area contributed by atoms with Crippen LogP contribution in [0.4, 0.5) is 5.69 Å². The van der Waals surface area contributed by atoms with Crippen LogP contribution in [0.5, 0.6) is 11.9 Å². The van der Waals surface area contributed by atoms with Gasteiger partial charge < -0.3 is 28.2 Å². The summed E-state index contributed by atoms with van der Waals surface area (Å²) in [6.45, 7) is 1.53. The van der Waals surface area contributed by atoms with Crippen LogP contribution in [0.15, 0.2) is 46.2 Å². The number of imide groups is 1. The number of aromatic nitrogens is 7. The van der Waals surface area contributed by atoms with Crippen molar-refractivity contribution in [2.45, 2.75) is 63.8 Å². The van der Waals surface area contributed by atoms with Crippen LogP contribution in [0.2, 0.25) is 5.02 Å². The van der Waals surface area contributed by atoms with E-state index < -0.39 is 17.9 Å². The number of rotatable bonds is 11. The Bertz CT molecular complexity index is 2820. The third kappa shape index (κ3) is 7.82. The number of nitrogens with one attached hydrogen (secondary N) is 1. The smallest absolute Gasteiger partial charge is 0.329 e. The number of halogens is 1. The van der Waals surface area contributed by atoms with Crippen molar-refractivity contribution in [3.05, 3.63) is 79.5 Å². The first-order chi connectivity index (χ1) is 29.9. The van der Waals surface area contributed by atoms with E-state index in [0.717, 1.165) is 0 Å². The quantitative estimate of drug-likeness (QED) is 0.150. The fourth-order valence-electron chi connectivity index (χ4n) is 8.29. The minimum absolute atomic E-state index is 0.0185. The highest BCUT2D eigenvalue weighted by molar-refractivity contribution is 6.30. The molecular weight excluding hydrogens is 824 g/mol. The van der Waals surface area contributed by atoms with E-state index in [9.17, 15) is 28.8 Å². The first-order valence-electron chi connectivity index (χ1n) is 20.0. The van der Waals surface area contributed by atoms with Gasteiger partial charge in [-0.2, -0.15) is 4.98 Å². The van der Waals surface area contributed by atoms with Crippen molar-refractivity contribution >= 4 is 52.0 Å². The zero-order chi connectivity index (χ0) is 43.8. The zero-order valence-electron chi connectivity index (χ0n) is 34.5. The number of anilines is 1. The molecule has 8 rings (SSSR count). The second kappa shape index (κ2) is 17.3. The van der Waals surface area contributed by atoms with E-state index >= 15 is 0 Å². The summed E-state index contributed by atoms with van der Waals surface area (Å²) < 4.78 is 22.8. The summed E-state index contributed by atoms with van der Waals surface area (Å²) >= 11 is 6.27. The molecule has 1 unspecified atom stereocenters. The van der Waals surface area contributed by atoms with Crippen LogP contribution in [0.3, 0.4) is 0 Å². The summed E-state index contributed by atoms with van der Waals surface area (Å²) in [5, 5.41) is 2.62. The maximum absolute atomic E-state index is 13.8. The van der Waals surface area contributed by atoms with Gasteiger partial charge in [-0.25, -0.2) is 14.8 Å². The normalized spacial score (nSPS) is 16.7. The van der Waals surface area contributed by atoms with Gasteiger partial charge in [-0.15, -0.1) is 0 Å². The topological polar surface area (TPSA) is 207 Å². The summed E-state index contributed by atoms with van der Waals surface area (Å²) in [5.41, 5.74) is 2.26. The Kier molecular flexibility index (Phi) is 11.7. The van der Waals surface area contributed by atoms with Gasteiger partial charge in [0.05, 0.1) is 59.7 Å². The Morgan fingerprint density at radius 3 is 2.56 bits per heavy atom. The number of aryl methyl sites for hydroxylation is 2. The summed E-state index contributed by atoms with van der Waals surface area (Å²) in [5.74, 6) is 5.40. The first kappa shape index (κ1) is 41.9. The second-order valence-corrected chi connectivity index (χ2v) is 15.6. The van der Waals surface area contributed by atoms with Crippen LogP contribution in [0.1, 0.15) is 66.3 Å². The van der Waals surface area contributed by atoms with Crippen molar-refractivity contribution in [1.29, 1.82) is 0 Å². The van der Waals surface area contributed by atoms with Crippen LogP contribution in [0, 0.1) is 11.8 Å². The lowest BCUT2D eigenvalue weighted by Crippen LogP contribution is -2.44. The zero-order valence-corrected chi connectivity index (χ0v) is 35.2. The van der Waals surface area contributed by atoms with E-state index in [1.54, 1.807) is 32.3 Å². The number of methoxy groups -OCH3 is 2. The summed E-state index contributed by atoms with van der Waals surface area (Å²) in [6.07, 6.45) is 5.17. The Balaban J connectivity index is 0.899. The monoisotopic (exact) mass is 866 g/mol. The van der Waals surface area contributed by atoms with Crippen molar-refractivity contribution in [1.82, 2.24) is 43.4 Å². The Labute approximate surface area is 359 Å². The fourth-order valence-corrected chi connectivity index (χ4v) is 8.54. The number of fused-ring (bicyclic) bond motifs is 2. The number of likely N-dealkylation sites (tertiary alicyclic amines) is 1. The van der Waals surface area contributed by atoms with Gasteiger partial charge in [-0.05, 0) is 43.9 Å². The Hall–Kier alpha value is -6.78. The number of hydrogen-bond donors (Lipinski definition) is 1. The molecule has 2 fully saturated rings. The number of imidazole rings is 2. The molecule has 0 saturated carbocycles. The average Bonchev–Trinajstić information content (AvgIpc) is 3.87. The van der Waals surface area contributed by atoms with Crippen molar-refractivity contribution in [3.63, 3.8) is 0 Å². The second-order valence-electron chi connectivity index (χ2n) is 15.2. The number of nitrogens with zero attached hydrogens (tertiary/aromatic N) is 9. The number of carbonyl (C=O) groups is 4. The minimum atomic E-state index is -0.790. The van der Waals surface area contributed by atoms with Crippen LogP contribution in [0.25, 0.3) is 22.4 Å². The maximum Gasteiger partial charge on any atom is 0.329 e. The molecule has 0 bridgehead atoms. The largest absolute Gasteiger partial charge is 0.480 e. The van der Waals surface area contributed by atoms with Crippen molar-refractivity contribution in [3.8, 4) is 35.1 Å². The summed E-state index contributed by atoms with van der Waals surface area (Å²) in [7, 11) is 6.07. The average molecular weight is 867 g/mol. The molecule has 19 nitrogen and oxygen atoms in total. The number of hydrogen-bond acceptors (Lipinski definition) is 12. The van der Waals surface area contributed by atoms with Crippen molar-refractivity contribution < 1.29 is 33.4 Å². The van der Waals surface area contributed by atoms with E-state index in [2.05, 4.69) is 27.1 Å². The molecule has 5 aromatic rings. The van der Waals surface area contributed by atoms with E-state index in [0.29, 0.717) is 77.6 Å². The molecule has 0 aliphatic carbocycles. The standard InChI is InChI=1S/C42H43ClN10O9/c1-48-22-25(43)20-30(39(48)57)52-23-31-34(40(52)58)46-36(27-21-44-41(61-4)47-38(27)60-3)51(31)16-6-11-33(55)50-17-14-26(15-18-50)62-19-7-9-24-8-5-10-28-35(24)49(2)42(59)53(28)29-12-13-32(54)45-37(29)56/h5,8,10,20-22,26,29H,6,11-19,23H2,1-4H3,(H,45,54,56). The molecule has 322 valence electrons.